The van der Waals surface area contributed by atoms with Gasteiger partial charge in [0.15, 0.2) is 6.23 Å². The van der Waals surface area contributed by atoms with Gasteiger partial charge in [-0.1, -0.05) is 0 Å². The van der Waals surface area contributed by atoms with E-state index in [0.717, 1.165) is 0 Å². The van der Waals surface area contributed by atoms with E-state index >= 15 is 0 Å². The van der Waals surface area contributed by atoms with Crippen molar-refractivity contribution in [2.24, 2.45) is 0 Å². The molecular formula is C11H17FN2O12P2. The Morgan fingerprint density at radius 1 is 1.29 bits per heavy atom. The first-order valence-corrected chi connectivity index (χ1v) is 10.6. The largest absolute Gasteiger partial charge is 0.387 e. The molecule has 2 heterocycles. The molecule has 28 heavy (non-hydrogen) atoms. The molecule has 1 fully saturated rings. The number of hydrogen-bond acceptors (Lipinski definition) is 9. The fraction of sp³-hybridized carbons (Fsp3) is 0.636. The van der Waals surface area contributed by atoms with Crippen molar-refractivity contribution in [2.75, 3.05) is 6.61 Å². The van der Waals surface area contributed by atoms with Crippen LogP contribution in [0.2, 0.25) is 0 Å². The molecule has 1 saturated heterocycles. The van der Waals surface area contributed by atoms with E-state index < -0.39 is 68.5 Å². The Kier molecular flexibility index (Phi) is 6.20. The van der Waals surface area contributed by atoms with Crippen LogP contribution in [0.25, 0.3) is 0 Å². The SMILES string of the molecule is CC(O)(P(=O)(O)O)P(=O)(O)OC[C@H]1O[C@@H](n2cc(F)c(=O)[nH]c2=O)[C@H](O)[C@@H]1O. The zero-order valence-electron chi connectivity index (χ0n) is 13.9. The average molecular weight is 450 g/mol. The van der Waals surface area contributed by atoms with Gasteiger partial charge in [0.25, 0.3) is 10.6 Å². The smallest absolute Gasteiger partial charge is 0.371 e. The molecule has 2 rings (SSSR count). The molecule has 0 spiro atoms. The van der Waals surface area contributed by atoms with Crippen LogP contribution in [0.5, 0.6) is 0 Å². The Bertz CT molecular complexity index is 954. The first-order chi connectivity index (χ1) is 12.6. The van der Waals surface area contributed by atoms with Gasteiger partial charge in [0, 0.05) is 0 Å². The number of rotatable bonds is 6. The molecular weight excluding hydrogens is 433 g/mol. The van der Waals surface area contributed by atoms with Crippen molar-refractivity contribution in [3.8, 4) is 0 Å². The molecule has 14 nitrogen and oxygen atoms in total. The summed E-state index contributed by atoms with van der Waals surface area (Å²) in [7, 11) is -10.9. The van der Waals surface area contributed by atoms with E-state index in [9.17, 15) is 43.3 Å². The molecule has 160 valence electrons. The number of hydrogen-bond donors (Lipinski definition) is 7. The van der Waals surface area contributed by atoms with Crippen molar-refractivity contribution in [1.82, 2.24) is 9.55 Å². The first-order valence-electron chi connectivity index (χ1n) is 7.38. The van der Waals surface area contributed by atoms with Crippen LogP contribution in [0.3, 0.4) is 0 Å². The Morgan fingerprint density at radius 3 is 2.39 bits per heavy atom. The molecule has 17 heteroatoms. The highest BCUT2D eigenvalue weighted by molar-refractivity contribution is 7.72. The van der Waals surface area contributed by atoms with Gasteiger partial charge in [-0.05, 0) is 6.92 Å². The number of aromatic nitrogens is 2. The lowest BCUT2D eigenvalue weighted by Crippen LogP contribution is -2.38. The maximum Gasteiger partial charge on any atom is 0.371 e. The minimum atomic E-state index is -5.51. The van der Waals surface area contributed by atoms with Crippen molar-refractivity contribution in [3.63, 3.8) is 0 Å². The summed E-state index contributed by atoms with van der Waals surface area (Å²) >= 11 is 0. The van der Waals surface area contributed by atoms with Crippen molar-refractivity contribution >= 4 is 15.2 Å². The molecule has 0 aromatic carbocycles. The first kappa shape index (κ1) is 23.0. The summed E-state index contributed by atoms with van der Waals surface area (Å²) in [5.74, 6) is -1.40. The van der Waals surface area contributed by atoms with Gasteiger partial charge in [-0.25, -0.2) is 4.79 Å². The number of ether oxygens (including phenoxy) is 1. The van der Waals surface area contributed by atoms with Gasteiger partial charge in [0.05, 0.1) is 12.8 Å². The second-order valence-electron chi connectivity index (χ2n) is 6.02. The number of nitrogens with zero attached hydrogens (tertiary/aromatic N) is 1. The molecule has 7 N–H and O–H groups in total. The van der Waals surface area contributed by atoms with E-state index in [2.05, 4.69) is 4.52 Å². The number of H-pyrrole nitrogens is 1. The molecule has 1 aromatic rings. The summed E-state index contributed by atoms with van der Waals surface area (Å²) in [4.78, 5) is 51.9. The van der Waals surface area contributed by atoms with Crippen LogP contribution in [0.15, 0.2) is 15.8 Å². The number of aromatic amines is 1. The fourth-order valence-electron chi connectivity index (χ4n) is 2.21. The second kappa shape index (κ2) is 7.54. The van der Waals surface area contributed by atoms with Gasteiger partial charge in [-0.3, -0.25) is 23.5 Å². The van der Waals surface area contributed by atoms with E-state index in [1.807, 2.05) is 0 Å². The zero-order valence-corrected chi connectivity index (χ0v) is 15.7. The van der Waals surface area contributed by atoms with E-state index in [-0.39, 0.29) is 0 Å². The van der Waals surface area contributed by atoms with E-state index in [4.69, 9.17) is 14.5 Å². The zero-order chi connectivity index (χ0) is 21.7. The minimum absolute atomic E-state index is 0.362. The van der Waals surface area contributed by atoms with E-state index in [0.29, 0.717) is 17.7 Å². The van der Waals surface area contributed by atoms with Gasteiger partial charge in [0.2, 0.25) is 5.82 Å². The monoisotopic (exact) mass is 450 g/mol. The average Bonchev–Trinajstić information content (AvgIpc) is 2.83. The molecule has 1 aliphatic rings. The molecule has 0 bridgehead atoms. The lowest BCUT2D eigenvalue weighted by Gasteiger charge is -2.29. The Morgan fingerprint density at radius 2 is 1.86 bits per heavy atom. The summed E-state index contributed by atoms with van der Waals surface area (Å²) in [5.41, 5.74) is -2.53. The predicted molar refractivity (Wildman–Crippen MR) is 85.6 cm³/mol. The Balaban J connectivity index is 2.21. The highest BCUT2D eigenvalue weighted by Crippen LogP contribution is 2.69. The lowest BCUT2D eigenvalue weighted by molar-refractivity contribution is -0.0542. The normalized spacial score (nSPS) is 30.0. The summed E-state index contributed by atoms with van der Waals surface area (Å²) < 4.78 is 46.4. The van der Waals surface area contributed by atoms with Crippen LogP contribution in [-0.2, 0) is 18.4 Å². The van der Waals surface area contributed by atoms with Crippen molar-refractivity contribution < 1.29 is 52.8 Å². The summed E-state index contributed by atoms with van der Waals surface area (Å²) in [6.45, 7) is -0.694. The van der Waals surface area contributed by atoms with Gasteiger partial charge in [0.1, 0.15) is 18.3 Å². The fourth-order valence-corrected chi connectivity index (χ4v) is 4.29. The number of nitrogens with one attached hydrogen (secondary N) is 1. The van der Waals surface area contributed by atoms with Crippen LogP contribution >= 0.6 is 15.2 Å². The topological polar surface area (TPSA) is 229 Å². The molecule has 0 amide bonds. The molecule has 0 aliphatic carbocycles. The molecule has 1 aliphatic heterocycles. The summed E-state index contributed by atoms with van der Waals surface area (Å²) in [6.07, 6.45) is -6.69. The maximum atomic E-state index is 13.4. The van der Waals surface area contributed by atoms with Crippen molar-refractivity contribution in [2.45, 2.75) is 36.5 Å². The van der Waals surface area contributed by atoms with Crippen LogP contribution < -0.4 is 11.2 Å². The maximum absolute atomic E-state index is 13.4. The van der Waals surface area contributed by atoms with Gasteiger partial charge >= 0.3 is 20.9 Å². The Labute approximate surface area is 154 Å². The lowest BCUT2D eigenvalue weighted by atomic mass is 10.1. The highest BCUT2D eigenvalue weighted by Gasteiger charge is 2.57. The van der Waals surface area contributed by atoms with Crippen molar-refractivity contribution in [1.29, 1.82) is 0 Å². The van der Waals surface area contributed by atoms with Gasteiger partial charge in [-0.15, -0.1) is 0 Å². The van der Waals surface area contributed by atoms with Gasteiger partial charge in [-0.2, -0.15) is 4.39 Å². The number of halogens is 1. The van der Waals surface area contributed by atoms with E-state index in [1.165, 1.54) is 0 Å². The van der Waals surface area contributed by atoms with Crippen LogP contribution in [0, 0.1) is 5.82 Å². The number of aliphatic hydroxyl groups is 3. The molecule has 1 aromatic heterocycles. The quantitative estimate of drug-likeness (QED) is 0.220. The molecule has 2 unspecified atom stereocenters. The number of aliphatic hydroxyl groups excluding tert-OH is 2. The second-order valence-corrected chi connectivity index (χ2v) is 10.5. The van der Waals surface area contributed by atoms with Crippen LogP contribution in [-0.4, -0.2) is 69.6 Å². The van der Waals surface area contributed by atoms with Crippen LogP contribution in [0.4, 0.5) is 4.39 Å². The van der Waals surface area contributed by atoms with E-state index in [1.54, 1.807) is 4.98 Å². The van der Waals surface area contributed by atoms with Crippen LogP contribution in [0.1, 0.15) is 13.2 Å². The third-order valence-electron chi connectivity index (χ3n) is 4.04. The summed E-state index contributed by atoms with van der Waals surface area (Å²) in [6, 6.07) is 0. The Hall–Kier alpha value is -1.25. The third kappa shape index (κ3) is 4.04. The standard InChI is InChI=1S/C11H17FN2O12P2/c1-11(19,27(20,21)22)28(23,24)25-3-5-6(15)7(16)9(26-5)14-2-4(12)8(17)13-10(14)18/h2,5-7,9,15-16,19H,3H2,1H3,(H,23,24)(H,13,17,18)(H2,20,21,22)/t5-,6-,7-,9-,11?/m1/s1. The highest BCUT2D eigenvalue weighted by atomic mass is 31.2. The van der Waals surface area contributed by atoms with Gasteiger partial charge < -0.3 is 39.3 Å². The summed E-state index contributed by atoms with van der Waals surface area (Å²) in [5, 5.41) is 26.1. The minimum Gasteiger partial charge on any atom is -0.387 e. The van der Waals surface area contributed by atoms with Crippen molar-refractivity contribution in [3.05, 3.63) is 32.9 Å². The molecule has 0 saturated carbocycles. The molecule has 0 radical (unpaired) electrons. The third-order valence-corrected chi connectivity index (χ3v) is 8.25. The molecule has 6 atom stereocenters. The predicted octanol–water partition coefficient (Wildman–Crippen LogP) is -2.66.